The first-order chi connectivity index (χ1) is 13.9. The second-order valence-corrected chi connectivity index (χ2v) is 8.58. The SMILES string of the molecule is CC(C)C(NC(=O)C1CC(=O)N(c2ccccc2Br)C1)c1nc2ccccc2[nH]1. The van der Waals surface area contributed by atoms with Crippen molar-refractivity contribution in [2.75, 3.05) is 11.4 Å². The molecule has 0 aliphatic carbocycles. The molecule has 0 saturated carbocycles. The number of rotatable bonds is 5. The average Bonchev–Trinajstić information content (AvgIpc) is 3.29. The Labute approximate surface area is 177 Å². The summed E-state index contributed by atoms with van der Waals surface area (Å²) in [6.45, 7) is 4.47. The van der Waals surface area contributed by atoms with Crippen LogP contribution in [0, 0.1) is 11.8 Å². The van der Waals surface area contributed by atoms with Gasteiger partial charge in [0.05, 0.1) is 28.7 Å². The number of imidazole rings is 1. The molecule has 2 N–H and O–H groups in total. The summed E-state index contributed by atoms with van der Waals surface area (Å²) >= 11 is 3.49. The third-order valence-electron chi connectivity index (χ3n) is 5.31. The van der Waals surface area contributed by atoms with Gasteiger partial charge in [0.2, 0.25) is 11.8 Å². The molecule has 1 aromatic heterocycles. The monoisotopic (exact) mass is 454 g/mol. The van der Waals surface area contributed by atoms with Gasteiger partial charge in [-0.05, 0) is 46.1 Å². The van der Waals surface area contributed by atoms with Crippen LogP contribution in [0.5, 0.6) is 0 Å². The maximum absolute atomic E-state index is 13.0. The molecule has 6 nitrogen and oxygen atoms in total. The molecule has 1 fully saturated rings. The van der Waals surface area contributed by atoms with Crippen LogP contribution in [-0.2, 0) is 9.59 Å². The Morgan fingerprint density at radius 1 is 1.21 bits per heavy atom. The van der Waals surface area contributed by atoms with Crippen LogP contribution in [0.25, 0.3) is 11.0 Å². The van der Waals surface area contributed by atoms with Gasteiger partial charge in [-0.3, -0.25) is 9.59 Å². The number of carbonyl (C=O) groups is 2. The molecule has 29 heavy (non-hydrogen) atoms. The largest absolute Gasteiger partial charge is 0.346 e. The van der Waals surface area contributed by atoms with Gasteiger partial charge in [0.25, 0.3) is 0 Å². The number of benzene rings is 2. The third kappa shape index (κ3) is 3.92. The summed E-state index contributed by atoms with van der Waals surface area (Å²) in [5.74, 6) is 0.340. The van der Waals surface area contributed by atoms with Crippen LogP contribution in [0.15, 0.2) is 53.0 Å². The number of amides is 2. The number of aromatic amines is 1. The minimum Gasteiger partial charge on any atom is -0.346 e. The molecule has 0 spiro atoms. The topological polar surface area (TPSA) is 78.1 Å². The van der Waals surface area contributed by atoms with Gasteiger partial charge in [0.1, 0.15) is 5.82 Å². The Balaban J connectivity index is 1.51. The van der Waals surface area contributed by atoms with E-state index in [1.165, 1.54) is 0 Å². The van der Waals surface area contributed by atoms with Crippen molar-refractivity contribution in [1.29, 1.82) is 0 Å². The van der Waals surface area contributed by atoms with E-state index in [9.17, 15) is 9.59 Å². The summed E-state index contributed by atoms with van der Waals surface area (Å²) in [7, 11) is 0. The quantitative estimate of drug-likeness (QED) is 0.606. The number of hydrogen-bond acceptors (Lipinski definition) is 3. The van der Waals surface area contributed by atoms with E-state index in [4.69, 9.17) is 0 Å². The number of anilines is 1. The number of carbonyl (C=O) groups excluding carboxylic acids is 2. The predicted molar refractivity (Wildman–Crippen MR) is 116 cm³/mol. The van der Waals surface area contributed by atoms with Gasteiger partial charge in [-0.25, -0.2) is 4.98 Å². The zero-order valence-electron chi connectivity index (χ0n) is 16.4. The van der Waals surface area contributed by atoms with Gasteiger partial charge in [0, 0.05) is 17.4 Å². The molecule has 2 atom stereocenters. The molecule has 4 rings (SSSR count). The van der Waals surface area contributed by atoms with Crippen LogP contribution < -0.4 is 10.2 Å². The number of hydrogen-bond donors (Lipinski definition) is 2. The Kier molecular flexibility index (Phi) is 5.41. The van der Waals surface area contributed by atoms with Crippen molar-refractivity contribution in [3.05, 3.63) is 58.8 Å². The molecule has 1 saturated heterocycles. The van der Waals surface area contributed by atoms with Crippen LogP contribution in [0.2, 0.25) is 0 Å². The Bertz CT molecular complexity index is 1030. The number of para-hydroxylation sites is 3. The standard InChI is InChI=1S/C22H23BrN4O2/c1-13(2)20(21-24-16-8-4-5-9-17(16)25-21)26-22(29)14-11-19(28)27(12-14)18-10-6-3-7-15(18)23/h3-10,13-14,20H,11-12H2,1-2H3,(H,24,25)(H,26,29). The molecular weight excluding hydrogens is 432 g/mol. The van der Waals surface area contributed by atoms with Gasteiger partial charge < -0.3 is 15.2 Å². The van der Waals surface area contributed by atoms with Crippen molar-refractivity contribution in [3.8, 4) is 0 Å². The van der Waals surface area contributed by atoms with Gasteiger partial charge in [0.15, 0.2) is 0 Å². The van der Waals surface area contributed by atoms with E-state index in [1.807, 2.05) is 62.4 Å². The van der Waals surface area contributed by atoms with Crippen molar-refractivity contribution < 1.29 is 9.59 Å². The van der Waals surface area contributed by atoms with Crippen LogP contribution in [0.3, 0.4) is 0 Å². The van der Waals surface area contributed by atoms with E-state index in [0.717, 1.165) is 27.0 Å². The van der Waals surface area contributed by atoms with Crippen LogP contribution >= 0.6 is 15.9 Å². The summed E-state index contributed by atoms with van der Waals surface area (Å²) < 4.78 is 0.844. The second-order valence-electron chi connectivity index (χ2n) is 7.73. The van der Waals surface area contributed by atoms with Gasteiger partial charge in [-0.15, -0.1) is 0 Å². The smallest absolute Gasteiger partial charge is 0.227 e. The average molecular weight is 455 g/mol. The fourth-order valence-corrected chi connectivity index (χ4v) is 4.23. The summed E-state index contributed by atoms with van der Waals surface area (Å²) in [5.41, 5.74) is 2.61. The molecule has 2 unspecified atom stereocenters. The van der Waals surface area contributed by atoms with E-state index in [-0.39, 0.29) is 36.1 Å². The highest BCUT2D eigenvalue weighted by atomic mass is 79.9. The zero-order chi connectivity index (χ0) is 20.5. The predicted octanol–water partition coefficient (Wildman–Crippen LogP) is 4.19. The van der Waals surface area contributed by atoms with Crippen molar-refractivity contribution in [1.82, 2.24) is 15.3 Å². The molecule has 150 valence electrons. The van der Waals surface area contributed by atoms with Crippen molar-refractivity contribution in [2.45, 2.75) is 26.3 Å². The van der Waals surface area contributed by atoms with E-state index in [2.05, 4.69) is 31.2 Å². The number of fused-ring (bicyclic) bond motifs is 1. The fraction of sp³-hybridized carbons (Fsp3) is 0.318. The van der Waals surface area contributed by atoms with Crippen molar-refractivity contribution >= 4 is 44.5 Å². The molecule has 1 aliphatic heterocycles. The van der Waals surface area contributed by atoms with Gasteiger partial charge >= 0.3 is 0 Å². The normalized spacial score (nSPS) is 17.9. The highest BCUT2D eigenvalue weighted by Gasteiger charge is 2.37. The Morgan fingerprint density at radius 3 is 2.66 bits per heavy atom. The lowest BCUT2D eigenvalue weighted by molar-refractivity contribution is -0.127. The molecule has 2 aromatic carbocycles. The summed E-state index contributed by atoms with van der Waals surface area (Å²) in [5, 5.41) is 3.12. The molecule has 7 heteroatoms. The maximum atomic E-state index is 13.0. The van der Waals surface area contributed by atoms with Crippen LogP contribution in [0.4, 0.5) is 5.69 Å². The molecule has 3 aromatic rings. The molecular formula is C22H23BrN4O2. The highest BCUT2D eigenvalue weighted by molar-refractivity contribution is 9.10. The highest BCUT2D eigenvalue weighted by Crippen LogP contribution is 2.32. The minimum absolute atomic E-state index is 0.0399. The molecule has 1 aliphatic rings. The summed E-state index contributed by atoms with van der Waals surface area (Å²) in [4.78, 5) is 35.2. The first-order valence-corrected chi connectivity index (χ1v) is 10.5. The number of H-pyrrole nitrogens is 1. The van der Waals surface area contributed by atoms with Crippen LogP contribution in [0.1, 0.15) is 32.1 Å². The Morgan fingerprint density at radius 2 is 1.93 bits per heavy atom. The molecule has 0 bridgehead atoms. The number of nitrogens with one attached hydrogen (secondary N) is 2. The lowest BCUT2D eigenvalue weighted by atomic mass is 10.0. The maximum Gasteiger partial charge on any atom is 0.227 e. The molecule has 2 heterocycles. The second kappa shape index (κ2) is 7.99. The van der Waals surface area contributed by atoms with E-state index < -0.39 is 0 Å². The van der Waals surface area contributed by atoms with Crippen molar-refractivity contribution in [2.24, 2.45) is 11.8 Å². The van der Waals surface area contributed by atoms with E-state index in [0.29, 0.717) is 6.54 Å². The van der Waals surface area contributed by atoms with Crippen molar-refractivity contribution in [3.63, 3.8) is 0 Å². The lowest BCUT2D eigenvalue weighted by Gasteiger charge is -2.22. The summed E-state index contributed by atoms with van der Waals surface area (Å²) in [6, 6.07) is 15.1. The summed E-state index contributed by atoms with van der Waals surface area (Å²) in [6.07, 6.45) is 0.206. The minimum atomic E-state index is -0.389. The fourth-order valence-electron chi connectivity index (χ4n) is 3.73. The first kappa shape index (κ1) is 19.6. The Hall–Kier alpha value is -2.67. The number of halogens is 1. The van der Waals surface area contributed by atoms with Gasteiger partial charge in [-0.2, -0.15) is 0 Å². The van der Waals surface area contributed by atoms with Crippen LogP contribution in [-0.4, -0.2) is 28.3 Å². The number of aromatic nitrogens is 2. The lowest BCUT2D eigenvalue weighted by Crippen LogP contribution is -2.38. The third-order valence-corrected chi connectivity index (χ3v) is 5.98. The zero-order valence-corrected chi connectivity index (χ0v) is 17.9. The number of nitrogens with zero attached hydrogens (tertiary/aromatic N) is 2. The molecule has 0 radical (unpaired) electrons. The van der Waals surface area contributed by atoms with Gasteiger partial charge in [-0.1, -0.05) is 38.1 Å². The van der Waals surface area contributed by atoms with E-state index in [1.54, 1.807) is 4.90 Å². The first-order valence-electron chi connectivity index (χ1n) is 9.74. The van der Waals surface area contributed by atoms with E-state index >= 15 is 0 Å². The molecule has 2 amide bonds.